The van der Waals surface area contributed by atoms with Gasteiger partial charge in [0.1, 0.15) is 11.5 Å². The Bertz CT molecular complexity index is 654. The number of hydrogen-bond donors (Lipinski definition) is 2. The lowest BCUT2D eigenvalue weighted by atomic mass is 10.2. The monoisotopic (exact) mass is 360 g/mol. The number of amides is 1. The van der Waals surface area contributed by atoms with Crippen molar-refractivity contribution in [2.24, 2.45) is 0 Å². The number of ether oxygens (including phenoxy) is 1. The number of rotatable bonds is 9. The maximum atomic E-state index is 12.2. The van der Waals surface area contributed by atoms with Crippen molar-refractivity contribution in [2.75, 3.05) is 6.61 Å². The Hall–Kier alpha value is -2.34. The summed E-state index contributed by atoms with van der Waals surface area (Å²) in [5, 5.41) is 5.83. The summed E-state index contributed by atoms with van der Waals surface area (Å²) in [5.41, 5.74) is 0.528. The molecule has 0 saturated carbocycles. The van der Waals surface area contributed by atoms with Gasteiger partial charge in [0.05, 0.1) is 19.4 Å². The van der Waals surface area contributed by atoms with Crippen LogP contribution >= 0.6 is 12.2 Å². The molecule has 134 valence electrons. The predicted octanol–water partition coefficient (Wildman–Crippen LogP) is 4.04. The number of thiocarbonyl (C=S) groups is 1. The highest BCUT2D eigenvalue weighted by molar-refractivity contribution is 7.80. The molecule has 2 rings (SSSR count). The van der Waals surface area contributed by atoms with Crippen LogP contribution < -0.4 is 15.4 Å². The van der Waals surface area contributed by atoms with Crippen molar-refractivity contribution in [2.45, 2.75) is 39.2 Å². The van der Waals surface area contributed by atoms with E-state index in [1.165, 1.54) is 19.3 Å². The molecule has 1 heterocycles. The average molecular weight is 360 g/mol. The van der Waals surface area contributed by atoms with Gasteiger partial charge in [-0.1, -0.05) is 26.2 Å². The van der Waals surface area contributed by atoms with Crippen LogP contribution in [0.4, 0.5) is 0 Å². The molecule has 1 aromatic carbocycles. The molecule has 0 radical (unpaired) electrons. The first kappa shape index (κ1) is 19.0. The Labute approximate surface area is 153 Å². The van der Waals surface area contributed by atoms with Gasteiger partial charge >= 0.3 is 0 Å². The first-order chi connectivity index (χ1) is 12.2. The molecule has 0 fully saturated rings. The highest BCUT2D eigenvalue weighted by atomic mass is 32.1. The Morgan fingerprint density at radius 2 is 1.96 bits per heavy atom. The number of carbonyl (C=O) groups is 1. The van der Waals surface area contributed by atoms with E-state index in [1.807, 2.05) is 6.07 Å². The quantitative estimate of drug-likeness (QED) is 0.522. The summed E-state index contributed by atoms with van der Waals surface area (Å²) in [5.74, 6) is 1.26. The van der Waals surface area contributed by atoms with Crippen LogP contribution in [0.5, 0.6) is 5.75 Å². The van der Waals surface area contributed by atoms with Crippen molar-refractivity contribution in [3.8, 4) is 5.75 Å². The largest absolute Gasteiger partial charge is 0.494 e. The zero-order valence-electron chi connectivity index (χ0n) is 14.4. The summed E-state index contributed by atoms with van der Waals surface area (Å²) >= 11 is 5.11. The molecule has 5 nitrogen and oxygen atoms in total. The van der Waals surface area contributed by atoms with E-state index in [4.69, 9.17) is 21.4 Å². The molecule has 1 amide bonds. The van der Waals surface area contributed by atoms with Crippen LogP contribution in [0, 0.1) is 0 Å². The summed E-state index contributed by atoms with van der Waals surface area (Å²) in [6.45, 7) is 3.31. The molecular weight excluding hydrogens is 336 g/mol. The molecule has 0 bridgehead atoms. The summed E-state index contributed by atoms with van der Waals surface area (Å²) in [4.78, 5) is 12.2. The molecule has 2 aromatic rings. The zero-order chi connectivity index (χ0) is 17.9. The summed E-state index contributed by atoms with van der Waals surface area (Å²) in [6, 6.07) is 10.7. The molecule has 6 heteroatoms. The van der Waals surface area contributed by atoms with E-state index in [2.05, 4.69) is 17.6 Å². The van der Waals surface area contributed by atoms with Gasteiger partial charge in [-0.2, -0.15) is 0 Å². The molecule has 0 aliphatic carbocycles. The molecule has 2 N–H and O–H groups in total. The minimum absolute atomic E-state index is 0.258. The van der Waals surface area contributed by atoms with E-state index in [-0.39, 0.29) is 11.0 Å². The smallest absolute Gasteiger partial charge is 0.257 e. The fourth-order valence-electron chi connectivity index (χ4n) is 2.22. The van der Waals surface area contributed by atoms with Crippen LogP contribution in [0.15, 0.2) is 47.1 Å². The third-order valence-corrected chi connectivity index (χ3v) is 3.86. The van der Waals surface area contributed by atoms with E-state index in [0.717, 1.165) is 17.9 Å². The van der Waals surface area contributed by atoms with Gasteiger partial charge in [-0.05, 0) is 55.0 Å². The zero-order valence-corrected chi connectivity index (χ0v) is 15.2. The SMILES string of the molecule is CCCCCCOc1ccc(C(=O)NC(=S)NCc2ccco2)cc1. The van der Waals surface area contributed by atoms with Crippen LogP contribution in [-0.2, 0) is 6.54 Å². The normalized spacial score (nSPS) is 10.3. The lowest BCUT2D eigenvalue weighted by Crippen LogP contribution is -2.38. The highest BCUT2D eigenvalue weighted by Crippen LogP contribution is 2.13. The van der Waals surface area contributed by atoms with Crippen LogP contribution in [-0.4, -0.2) is 17.6 Å². The fraction of sp³-hybridized carbons (Fsp3) is 0.368. The third-order valence-electron chi connectivity index (χ3n) is 3.61. The predicted molar refractivity (Wildman–Crippen MR) is 102 cm³/mol. The minimum Gasteiger partial charge on any atom is -0.494 e. The van der Waals surface area contributed by atoms with E-state index < -0.39 is 0 Å². The number of benzene rings is 1. The number of furan rings is 1. The molecule has 0 atom stereocenters. The van der Waals surface area contributed by atoms with Crippen molar-refractivity contribution >= 4 is 23.2 Å². The molecule has 0 spiro atoms. The van der Waals surface area contributed by atoms with Crippen LogP contribution in [0.25, 0.3) is 0 Å². The molecule has 0 saturated heterocycles. The van der Waals surface area contributed by atoms with E-state index >= 15 is 0 Å². The van der Waals surface area contributed by atoms with E-state index in [1.54, 1.807) is 36.6 Å². The molecule has 25 heavy (non-hydrogen) atoms. The number of unbranched alkanes of at least 4 members (excludes halogenated alkanes) is 3. The Balaban J connectivity index is 1.72. The lowest BCUT2D eigenvalue weighted by Gasteiger charge is -2.09. The Morgan fingerprint density at radius 3 is 2.64 bits per heavy atom. The average Bonchev–Trinajstić information content (AvgIpc) is 3.14. The second-order valence-corrected chi connectivity index (χ2v) is 6.06. The van der Waals surface area contributed by atoms with Crippen LogP contribution in [0.2, 0.25) is 0 Å². The van der Waals surface area contributed by atoms with Crippen molar-refractivity contribution in [3.05, 3.63) is 54.0 Å². The van der Waals surface area contributed by atoms with Gasteiger partial charge in [-0.15, -0.1) is 0 Å². The van der Waals surface area contributed by atoms with Gasteiger partial charge in [0.2, 0.25) is 0 Å². The van der Waals surface area contributed by atoms with E-state index in [9.17, 15) is 4.79 Å². The minimum atomic E-state index is -0.258. The van der Waals surface area contributed by atoms with Gasteiger partial charge in [-0.25, -0.2) is 0 Å². The summed E-state index contributed by atoms with van der Waals surface area (Å²) < 4.78 is 10.9. The molecule has 0 aliphatic rings. The molecular formula is C19H24N2O3S. The molecule has 1 aromatic heterocycles. The molecule has 0 aliphatic heterocycles. The Kier molecular flexibility index (Phi) is 7.98. The Morgan fingerprint density at radius 1 is 1.16 bits per heavy atom. The topological polar surface area (TPSA) is 63.5 Å². The van der Waals surface area contributed by atoms with Gasteiger partial charge in [-0.3, -0.25) is 10.1 Å². The second-order valence-electron chi connectivity index (χ2n) is 5.65. The molecule has 0 unspecified atom stereocenters. The first-order valence-corrected chi connectivity index (χ1v) is 8.94. The van der Waals surface area contributed by atoms with Crippen molar-refractivity contribution in [1.29, 1.82) is 0 Å². The summed E-state index contributed by atoms with van der Waals surface area (Å²) in [7, 11) is 0. The number of nitrogens with one attached hydrogen (secondary N) is 2. The van der Waals surface area contributed by atoms with E-state index in [0.29, 0.717) is 18.7 Å². The maximum absolute atomic E-state index is 12.2. The van der Waals surface area contributed by atoms with Gasteiger partial charge in [0, 0.05) is 5.56 Å². The first-order valence-electron chi connectivity index (χ1n) is 8.53. The second kappa shape index (κ2) is 10.5. The van der Waals surface area contributed by atoms with Crippen LogP contribution in [0.1, 0.15) is 48.7 Å². The fourth-order valence-corrected chi connectivity index (χ4v) is 2.39. The standard InChI is InChI=1S/C19H24N2O3S/c1-2-3-4-5-12-23-16-10-8-15(9-11-16)18(22)21-19(25)20-14-17-7-6-13-24-17/h6-11,13H,2-5,12,14H2,1H3,(H2,20,21,22,25). The van der Waals surface area contributed by atoms with Gasteiger partial charge in [0.15, 0.2) is 5.11 Å². The third kappa shape index (κ3) is 6.97. The number of hydrogen-bond acceptors (Lipinski definition) is 4. The van der Waals surface area contributed by atoms with Crippen LogP contribution in [0.3, 0.4) is 0 Å². The van der Waals surface area contributed by atoms with Crippen molar-refractivity contribution < 1.29 is 13.9 Å². The van der Waals surface area contributed by atoms with Crippen molar-refractivity contribution in [1.82, 2.24) is 10.6 Å². The summed E-state index contributed by atoms with van der Waals surface area (Å²) in [6.07, 6.45) is 6.26. The van der Waals surface area contributed by atoms with Gasteiger partial charge < -0.3 is 14.5 Å². The number of carbonyl (C=O) groups excluding carboxylic acids is 1. The van der Waals surface area contributed by atoms with Gasteiger partial charge in [0.25, 0.3) is 5.91 Å². The maximum Gasteiger partial charge on any atom is 0.257 e. The van der Waals surface area contributed by atoms with Crippen molar-refractivity contribution in [3.63, 3.8) is 0 Å². The highest BCUT2D eigenvalue weighted by Gasteiger charge is 2.08. The lowest BCUT2D eigenvalue weighted by molar-refractivity contribution is 0.0976.